The first-order chi connectivity index (χ1) is 12.2. The molecule has 0 unspecified atom stereocenters. The molecule has 3 heterocycles. The Morgan fingerprint density at radius 3 is 2.92 bits per heavy atom. The van der Waals surface area contributed by atoms with Crippen LogP contribution in [-0.2, 0) is 21.1 Å². The third-order valence-corrected chi connectivity index (χ3v) is 4.50. The number of piperidine rings is 1. The SMILES string of the molecule is N=C(N)NCCCc1nnc([C@@H]2CC[C@@H]3CN2C(=O)N3OS(=O)(=O)O)o1. The fourth-order valence-corrected chi connectivity index (χ4v) is 3.44. The second-order valence-corrected chi connectivity index (χ2v) is 6.99. The van der Waals surface area contributed by atoms with E-state index in [0.717, 1.165) is 0 Å². The van der Waals surface area contributed by atoms with Crippen molar-refractivity contribution in [1.82, 2.24) is 25.5 Å². The van der Waals surface area contributed by atoms with E-state index in [1.807, 2.05) is 0 Å². The van der Waals surface area contributed by atoms with Crippen molar-refractivity contribution < 1.29 is 26.5 Å². The summed E-state index contributed by atoms with van der Waals surface area (Å²) in [5.41, 5.74) is 5.19. The maximum absolute atomic E-state index is 12.4. The molecular weight excluding hydrogens is 370 g/mol. The molecule has 2 atom stereocenters. The minimum absolute atomic E-state index is 0.114. The summed E-state index contributed by atoms with van der Waals surface area (Å²) in [5.74, 6) is 0.544. The van der Waals surface area contributed by atoms with E-state index in [1.54, 1.807) is 0 Å². The molecule has 26 heavy (non-hydrogen) atoms. The van der Waals surface area contributed by atoms with Gasteiger partial charge in [-0.25, -0.2) is 4.79 Å². The molecule has 2 amide bonds. The van der Waals surface area contributed by atoms with Gasteiger partial charge in [0.15, 0.2) is 5.96 Å². The Morgan fingerprint density at radius 2 is 2.23 bits per heavy atom. The molecule has 2 fully saturated rings. The molecule has 2 aliphatic heterocycles. The zero-order valence-electron chi connectivity index (χ0n) is 13.7. The average molecular weight is 389 g/mol. The Labute approximate surface area is 148 Å². The lowest BCUT2D eigenvalue weighted by Crippen LogP contribution is -2.35. The van der Waals surface area contributed by atoms with E-state index in [2.05, 4.69) is 19.8 Å². The quantitative estimate of drug-likeness (QED) is 0.198. The molecule has 1 aromatic rings. The van der Waals surface area contributed by atoms with Gasteiger partial charge in [-0.05, 0) is 19.3 Å². The van der Waals surface area contributed by atoms with Crippen molar-refractivity contribution in [3.05, 3.63) is 11.8 Å². The Hall–Kier alpha value is -2.45. The van der Waals surface area contributed by atoms with Crippen molar-refractivity contribution in [3.63, 3.8) is 0 Å². The molecule has 0 aliphatic carbocycles. The van der Waals surface area contributed by atoms with Crippen LogP contribution in [0.4, 0.5) is 4.79 Å². The van der Waals surface area contributed by atoms with Gasteiger partial charge in [-0.3, -0.25) is 9.96 Å². The molecule has 0 saturated carbocycles. The number of nitrogens with one attached hydrogen (secondary N) is 2. The maximum atomic E-state index is 12.4. The molecule has 14 heteroatoms. The van der Waals surface area contributed by atoms with E-state index in [0.29, 0.717) is 43.2 Å². The lowest BCUT2D eigenvalue weighted by Gasteiger charge is -2.27. The standard InChI is InChI=1S/C12H19N7O6S/c13-11(14)15-5-1-2-9-16-17-10(24-9)8-4-3-7-6-18(8)12(20)19(7)25-26(21,22)23/h7-8H,1-6H2,(H4,13,14,15)(H,21,22,23)/t7-,8+/m1/s1. The Kier molecular flexibility index (Phi) is 4.97. The molecule has 1 aromatic heterocycles. The first-order valence-electron chi connectivity index (χ1n) is 7.91. The van der Waals surface area contributed by atoms with Gasteiger partial charge < -0.3 is 20.4 Å². The monoisotopic (exact) mass is 389 g/mol. The van der Waals surface area contributed by atoms with E-state index in [-0.39, 0.29) is 18.4 Å². The van der Waals surface area contributed by atoms with Crippen LogP contribution in [0.25, 0.3) is 0 Å². The van der Waals surface area contributed by atoms with Crippen LogP contribution < -0.4 is 11.1 Å². The Bertz CT molecular complexity index is 796. The van der Waals surface area contributed by atoms with E-state index in [1.165, 1.54) is 4.90 Å². The fraction of sp³-hybridized carbons (Fsp3) is 0.667. The minimum atomic E-state index is -4.78. The molecule has 5 N–H and O–H groups in total. The van der Waals surface area contributed by atoms with Crippen LogP contribution in [-0.4, -0.2) is 64.3 Å². The third-order valence-electron chi connectivity index (χ3n) is 4.15. The molecule has 144 valence electrons. The predicted molar refractivity (Wildman–Crippen MR) is 84.9 cm³/mol. The number of nitrogens with two attached hydrogens (primary N) is 1. The number of hydroxylamine groups is 2. The summed E-state index contributed by atoms with van der Waals surface area (Å²) >= 11 is 0. The van der Waals surface area contributed by atoms with E-state index < -0.39 is 28.5 Å². The molecule has 2 saturated heterocycles. The molecule has 0 spiro atoms. The van der Waals surface area contributed by atoms with Crippen molar-refractivity contribution in [2.75, 3.05) is 13.1 Å². The zero-order valence-corrected chi connectivity index (χ0v) is 14.5. The largest absolute Gasteiger partial charge is 0.423 e. The first-order valence-corrected chi connectivity index (χ1v) is 9.28. The van der Waals surface area contributed by atoms with Gasteiger partial charge in [0, 0.05) is 19.5 Å². The maximum Gasteiger partial charge on any atom is 0.418 e. The van der Waals surface area contributed by atoms with Gasteiger partial charge in [0.05, 0.1) is 6.04 Å². The summed E-state index contributed by atoms with van der Waals surface area (Å²) in [7, 11) is -4.78. The van der Waals surface area contributed by atoms with Crippen LogP contribution >= 0.6 is 0 Å². The molecule has 0 aromatic carbocycles. The number of aromatic nitrogens is 2. The van der Waals surface area contributed by atoms with Gasteiger partial charge in [0.2, 0.25) is 11.8 Å². The van der Waals surface area contributed by atoms with Crippen LogP contribution in [0.5, 0.6) is 0 Å². The van der Waals surface area contributed by atoms with Crippen LogP contribution in [0.3, 0.4) is 0 Å². The first kappa shape index (κ1) is 18.3. The number of aryl methyl sites for hydroxylation is 1. The predicted octanol–water partition coefficient (Wildman–Crippen LogP) is -0.839. The van der Waals surface area contributed by atoms with Gasteiger partial charge in [0.1, 0.15) is 6.04 Å². The van der Waals surface area contributed by atoms with Gasteiger partial charge in [-0.2, -0.15) is 13.5 Å². The second-order valence-electron chi connectivity index (χ2n) is 5.99. The molecule has 2 aliphatic rings. The summed E-state index contributed by atoms with van der Waals surface area (Å²) in [6.07, 6.45) is 2.07. The normalized spacial score (nSPS) is 22.7. The number of amides is 2. The van der Waals surface area contributed by atoms with Crippen molar-refractivity contribution in [1.29, 1.82) is 5.41 Å². The van der Waals surface area contributed by atoms with Crippen LogP contribution in [0.2, 0.25) is 0 Å². The smallest absolute Gasteiger partial charge is 0.418 e. The summed E-state index contributed by atoms with van der Waals surface area (Å²) in [5, 5.41) is 18.3. The third kappa shape index (κ3) is 4.03. The number of rotatable bonds is 7. The highest BCUT2D eigenvalue weighted by molar-refractivity contribution is 7.80. The van der Waals surface area contributed by atoms with Crippen molar-refractivity contribution >= 4 is 22.4 Å². The van der Waals surface area contributed by atoms with E-state index in [4.69, 9.17) is 20.1 Å². The van der Waals surface area contributed by atoms with Gasteiger partial charge >= 0.3 is 16.4 Å². The highest BCUT2D eigenvalue weighted by atomic mass is 32.3. The van der Waals surface area contributed by atoms with Crippen molar-refractivity contribution in [3.8, 4) is 0 Å². The van der Waals surface area contributed by atoms with Crippen molar-refractivity contribution in [2.24, 2.45) is 5.73 Å². The van der Waals surface area contributed by atoms with Crippen LogP contribution in [0.1, 0.15) is 37.1 Å². The summed E-state index contributed by atoms with van der Waals surface area (Å²) in [6, 6.07) is -1.63. The number of nitrogens with zero attached hydrogens (tertiary/aromatic N) is 4. The molecule has 3 rings (SSSR count). The molecule has 13 nitrogen and oxygen atoms in total. The van der Waals surface area contributed by atoms with Crippen LogP contribution in [0, 0.1) is 5.41 Å². The van der Waals surface area contributed by atoms with Gasteiger partial charge in [-0.15, -0.1) is 14.5 Å². The number of hydrogen-bond donors (Lipinski definition) is 4. The summed E-state index contributed by atoms with van der Waals surface area (Å²) < 4.78 is 40.6. The number of carbonyl (C=O) groups excluding carboxylic acids is 1. The Morgan fingerprint density at radius 1 is 1.46 bits per heavy atom. The van der Waals surface area contributed by atoms with Gasteiger partial charge in [-0.1, -0.05) is 0 Å². The number of fused-ring (bicyclic) bond motifs is 2. The van der Waals surface area contributed by atoms with Crippen molar-refractivity contribution in [2.45, 2.75) is 37.8 Å². The number of guanidine groups is 1. The lowest BCUT2D eigenvalue weighted by molar-refractivity contribution is -0.0317. The summed E-state index contributed by atoms with van der Waals surface area (Å²) in [4.78, 5) is 13.7. The second kappa shape index (κ2) is 7.05. The molecular formula is C12H19N7O6S. The van der Waals surface area contributed by atoms with Gasteiger partial charge in [0.25, 0.3) is 0 Å². The zero-order chi connectivity index (χ0) is 18.9. The number of hydrogen-bond acceptors (Lipinski definition) is 8. The minimum Gasteiger partial charge on any atom is -0.423 e. The highest BCUT2D eigenvalue weighted by Crippen LogP contribution is 2.38. The average Bonchev–Trinajstić information content (AvgIpc) is 3.11. The molecule has 2 bridgehead atoms. The fourth-order valence-electron chi connectivity index (χ4n) is 3.05. The number of carbonyl (C=O) groups is 1. The topological polar surface area (TPSA) is 188 Å². The summed E-state index contributed by atoms with van der Waals surface area (Å²) in [6.45, 7) is 0.726. The highest BCUT2D eigenvalue weighted by Gasteiger charge is 2.49. The molecule has 0 radical (unpaired) electrons. The van der Waals surface area contributed by atoms with E-state index >= 15 is 0 Å². The Balaban J connectivity index is 1.63. The van der Waals surface area contributed by atoms with Crippen LogP contribution in [0.15, 0.2) is 4.42 Å². The number of urea groups is 1. The van der Waals surface area contributed by atoms with E-state index in [9.17, 15) is 13.2 Å². The lowest BCUT2D eigenvalue weighted by atomic mass is 10.0.